The van der Waals surface area contributed by atoms with Crippen LogP contribution in [0.1, 0.15) is 44.1 Å². The quantitative estimate of drug-likeness (QED) is 0.623. The molecule has 2 aliphatic rings. The number of rotatable bonds is 5. The van der Waals surface area contributed by atoms with Crippen molar-refractivity contribution in [3.8, 4) is 0 Å². The molecule has 0 amide bonds. The molecule has 4 nitrogen and oxygen atoms in total. The van der Waals surface area contributed by atoms with Gasteiger partial charge in [-0.1, -0.05) is 18.9 Å². The summed E-state index contributed by atoms with van der Waals surface area (Å²) in [4.78, 5) is 6.92. The number of piperidine rings is 1. The van der Waals surface area contributed by atoms with Gasteiger partial charge in [0.25, 0.3) is 0 Å². The normalized spacial score (nSPS) is 20.5. The highest BCUT2D eigenvalue weighted by Gasteiger charge is 2.27. The minimum Gasteiger partial charge on any atom is -0.356 e. The molecule has 1 aromatic carbocycles. The first kappa shape index (κ1) is 19.1. The van der Waals surface area contributed by atoms with Gasteiger partial charge in [0.15, 0.2) is 5.96 Å². The maximum absolute atomic E-state index is 13.7. The van der Waals surface area contributed by atoms with Crippen molar-refractivity contribution >= 4 is 5.96 Å². The van der Waals surface area contributed by atoms with Crippen LogP contribution in [0.4, 0.5) is 8.78 Å². The van der Waals surface area contributed by atoms with E-state index < -0.39 is 11.6 Å². The summed E-state index contributed by atoms with van der Waals surface area (Å²) in [5.41, 5.74) is 0.513. The van der Waals surface area contributed by atoms with E-state index in [2.05, 4.69) is 20.5 Å². The number of guanidine groups is 1. The smallest absolute Gasteiger partial charge is 0.191 e. The van der Waals surface area contributed by atoms with Gasteiger partial charge in [-0.15, -0.1) is 0 Å². The van der Waals surface area contributed by atoms with E-state index in [0.29, 0.717) is 24.6 Å². The van der Waals surface area contributed by atoms with E-state index in [4.69, 9.17) is 0 Å². The third kappa shape index (κ3) is 5.16. The first-order chi connectivity index (χ1) is 12.7. The number of halogens is 2. The van der Waals surface area contributed by atoms with Crippen LogP contribution in [-0.4, -0.2) is 49.6 Å². The van der Waals surface area contributed by atoms with Gasteiger partial charge in [0.1, 0.15) is 11.6 Å². The van der Waals surface area contributed by atoms with Crippen molar-refractivity contribution in [2.24, 2.45) is 4.99 Å². The monoisotopic (exact) mass is 364 g/mol. The fraction of sp³-hybridized carbons (Fsp3) is 0.650. The topological polar surface area (TPSA) is 39.7 Å². The van der Waals surface area contributed by atoms with E-state index in [0.717, 1.165) is 44.0 Å². The van der Waals surface area contributed by atoms with E-state index in [1.807, 2.05) is 0 Å². The summed E-state index contributed by atoms with van der Waals surface area (Å²) in [6.45, 7) is 2.86. The predicted molar refractivity (Wildman–Crippen MR) is 101 cm³/mol. The molecule has 0 spiro atoms. The van der Waals surface area contributed by atoms with Crippen LogP contribution >= 0.6 is 0 Å². The highest BCUT2D eigenvalue weighted by atomic mass is 19.1. The molecule has 0 atom stereocenters. The zero-order chi connectivity index (χ0) is 18.4. The van der Waals surface area contributed by atoms with Crippen molar-refractivity contribution in [1.82, 2.24) is 15.5 Å². The van der Waals surface area contributed by atoms with Crippen LogP contribution < -0.4 is 10.6 Å². The van der Waals surface area contributed by atoms with Crippen molar-refractivity contribution in [2.75, 3.05) is 26.7 Å². The molecule has 1 saturated carbocycles. The molecule has 26 heavy (non-hydrogen) atoms. The summed E-state index contributed by atoms with van der Waals surface area (Å²) >= 11 is 0. The van der Waals surface area contributed by atoms with Gasteiger partial charge < -0.3 is 15.5 Å². The van der Waals surface area contributed by atoms with Gasteiger partial charge >= 0.3 is 0 Å². The Hall–Kier alpha value is -1.69. The van der Waals surface area contributed by atoms with Crippen LogP contribution in [0, 0.1) is 11.6 Å². The molecule has 2 fully saturated rings. The van der Waals surface area contributed by atoms with Gasteiger partial charge in [0, 0.05) is 44.8 Å². The zero-order valence-electron chi connectivity index (χ0n) is 15.6. The molecular weight excluding hydrogens is 334 g/mol. The summed E-state index contributed by atoms with van der Waals surface area (Å²) in [6.07, 6.45) is 8.24. The number of benzene rings is 1. The highest BCUT2D eigenvalue weighted by molar-refractivity contribution is 5.79. The lowest BCUT2D eigenvalue weighted by molar-refractivity contribution is 0.150. The van der Waals surface area contributed by atoms with Crippen molar-refractivity contribution in [3.05, 3.63) is 35.4 Å². The van der Waals surface area contributed by atoms with Gasteiger partial charge in [-0.3, -0.25) is 4.99 Å². The number of nitrogens with zero attached hydrogens (tertiary/aromatic N) is 2. The SMILES string of the molecule is CN=C(NCCc1ccc(F)cc1F)NC1CCN(C2CCCC2)CC1. The molecule has 1 aromatic rings. The van der Waals surface area contributed by atoms with Gasteiger partial charge in [-0.2, -0.15) is 0 Å². The van der Waals surface area contributed by atoms with Crippen molar-refractivity contribution in [2.45, 2.75) is 57.0 Å². The molecule has 144 valence electrons. The molecule has 1 saturated heterocycles. The van der Waals surface area contributed by atoms with Gasteiger partial charge in [-0.25, -0.2) is 8.78 Å². The second kappa shape index (κ2) is 9.31. The maximum Gasteiger partial charge on any atom is 0.191 e. The van der Waals surface area contributed by atoms with E-state index >= 15 is 0 Å². The van der Waals surface area contributed by atoms with Crippen molar-refractivity contribution in [1.29, 1.82) is 0 Å². The molecule has 2 N–H and O–H groups in total. The molecule has 0 bridgehead atoms. The lowest BCUT2D eigenvalue weighted by atomic mass is 10.0. The highest BCUT2D eigenvalue weighted by Crippen LogP contribution is 2.26. The standard InChI is InChI=1S/C20H30F2N4/c1-23-20(24-11-8-15-6-7-16(21)14-19(15)22)25-17-9-12-26(13-10-17)18-4-2-3-5-18/h6-7,14,17-18H,2-5,8-13H2,1H3,(H2,23,24,25). The minimum absolute atomic E-state index is 0.432. The maximum atomic E-state index is 13.7. The Morgan fingerprint density at radius 1 is 1.15 bits per heavy atom. The second-order valence-corrected chi connectivity index (χ2v) is 7.38. The average molecular weight is 364 g/mol. The summed E-state index contributed by atoms with van der Waals surface area (Å²) < 4.78 is 26.6. The average Bonchev–Trinajstić information content (AvgIpc) is 3.18. The van der Waals surface area contributed by atoms with Crippen LogP contribution in [0.15, 0.2) is 23.2 Å². The van der Waals surface area contributed by atoms with Gasteiger partial charge in [0.2, 0.25) is 0 Å². The first-order valence-electron chi connectivity index (χ1n) is 9.81. The van der Waals surface area contributed by atoms with E-state index in [1.54, 1.807) is 7.05 Å². The molecule has 0 radical (unpaired) electrons. The minimum atomic E-state index is -0.541. The molecule has 0 aromatic heterocycles. The molecule has 6 heteroatoms. The fourth-order valence-electron chi connectivity index (χ4n) is 4.11. The Balaban J connectivity index is 1.39. The molecule has 1 heterocycles. The Bertz CT molecular complexity index is 606. The largest absolute Gasteiger partial charge is 0.356 e. The van der Waals surface area contributed by atoms with E-state index in [9.17, 15) is 8.78 Å². The Morgan fingerprint density at radius 3 is 2.54 bits per heavy atom. The van der Waals surface area contributed by atoms with Crippen LogP contribution in [0.25, 0.3) is 0 Å². The molecular formula is C20H30F2N4. The Morgan fingerprint density at radius 2 is 1.88 bits per heavy atom. The third-order valence-corrected chi connectivity index (χ3v) is 5.64. The van der Waals surface area contributed by atoms with E-state index in [1.165, 1.54) is 37.8 Å². The number of nitrogens with one attached hydrogen (secondary N) is 2. The lowest BCUT2D eigenvalue weighted by Crippen LogP contribution is -2.50. The summed E-state index contributed by atoms with van der Waals surface area (Å²) in [5, 5.41) is 6.72. The predicted octanol–water partition coefficient (Wildman–Crippen LogP) is 3.08. The van der Waals surface area contributed by atoms with Crippen LogP contribution in [0.3, 0.4) is 0 Å². The lowest BCUT2D eigenvalue weighted by Gasteiger charge is -2.36. The molecule has 1 aliphatic heterocycles. The Kier molecular flexibility index (Phi) is 6.83. The summed E-state index contributed by atoms with van der Waals surface area (Å²) in [5.74, 6) is -0.276. The molecule has 3 rings (SSSR count). The van der Waals surface area contributed by atoms with Crippen molar-refractivity contribution in [3.63, 3.8) is 0 Å². The van der Waals surface area contributed by atoms with E-state index in [-0.39, 0.29) is 0 Å². The first-order valence-corrected chi connectivity index (χ1v) is 9.81. The molecule has 0 unspecified atom stereocenters. The van der Waals surface area contributed by atoms with Gasteiger partial charge in [-0.05, 0) is 43.7 Å². The molecule has 1 aliphatic carbocycles. The zero-order valence-corrected chi connectivity index (χ0v) is 15.6. The fourth-order valence-corrected chi connectivity index (χ4v) is 4.11. The van der Waals surface area contributed by atoms with Crippen molar-refractivity contribution < 1.29 is 8.78 Å². The Labute approximate surface area is 155 Å². The van der Waals surface area contributed by atoms with Crippen LogP contribution in [0.5, 0.6) is 0 Å². The van der Waals surface area contributed by atoms with Crippen LogP contribution in [-0.2, 0) is 6.42 Å². The number of hydrogen-bond acceptors (Lipinski definition) is 2. The number of likely N-dealkylation sites (tertiary alicyclic amines) is 1. The number of aliphatic imine (C=N–C) groups is 1. The summed E-state index contributed by atoms with van der Waals surface area (Å²) in [6, 6.07) is 4.96. The van der Waals surface area contributed by atoms with Crippen LogP contribution in [0.2, 0.25) is 0 Å². The number of hydrogen-bond donors (Lipinski definition) is 2. The second-order valence-electron chi connectivity index (χ2n) is 7.38. The third-order valence-electron chi connectivity index (χ3n) is 5.64. The van der Waals surface area contributed by atoms with Gasteiger partial charge in [0.05, 0.1) is 0 Å². The summed E-state index contributed by atoms with van der Waals surface area (Å²) in [7, 11) is 1.75.